The fraction of sp³-hybridized carbons (Fsp3) is 0.941. The minimum absolute atomic E-state index is 0.112. The topological polar surface area (TPSA) is 63.2 Å². The number of hydrogen-bond donors (Lipinski definition) is 0. The Hall–Kier alpha value is -0.690. The summed E-state index contributed by atoms with van der Waals surface area (Å²) in [5.41, 5.74) is -1.09. The molecule has 0 saturated carbocycles. The molecule has 0 aromatic heterocycles. The Kier molecular flexibility index (Phi) is 9.28. The van der Waals surface area contributed by atoms with E-state index >= 15 is 0 Å². The maximum absolute atomic E-state index is 12.0. The van der Waals surface area contributed by atoms with Crippen LogP contribution < -0.4 is 0 Å². The van der Waals surface area contributed by atoms with Crippen molar-refractivity contribution in [3.05, 3.63) is 0 Å². The van der Waals surface area contributed by atoms with Crippen LogP contribution in [0.3, 0.4) is 0 Å². The highest BCUT2D eigenvalue weighted by molar-refractivity contribution is 5.70. The number of esters is 1. The van der Waals surface area contributed by atoms with Gasteiger partial charge in [0.25, 0.3) is 0 Å². The number of hydrogen-bond acceptors (Lipinski definition) is 6. The van der Waals surface area contributed by atoms with E-state index in [-0.39, 0.29) is 6.42 Å². The van der Waals surface area contributed by atoms with Crippen LogP contribution in [-0.2, 0) is 29.1 Å². The summed E-state index contributed by atoms with van der Waals surface area (Å²) in [5, 5.41) is 0. The van der Waals surface area contributed by atoms with E-state index in [0.29, 0.717) is 13.0 Å². The van der Waals surface area contributed by atoms with Gasteiger partial charge in [0, 0.05) is 6.42 Å². The Morgan fingerprint density at radius 2 is 1.30 bits per heavy atom. The molecule has 6 heteroatoms. The van der Waals surface area contributed by atoms with Crippen molar-refractivity contribution in [3.63, 3.8) is 0 Å². The summed E-state index contributed by atoms with van der Waals surface area (Å²) in [6.45, 7) is 15.3. The fourth-order valence-electron chi connectivity index (χ4n) is 1.32. The Labute approximate surface area is 140 Å². The van der Waals surface area contributed by atoms with Crippen LogP contribution in [0.4, 0.5) is 0 Å². The molecule has 138 valence electrons. The van der Waals surface area contributed by atoms with Crippen LogP contribution in [0, 0.1) is 0 Å². The fourth-order valence-corrected chi connectivity index (χ4v) is 1.32. The van der Waals surface area contributed by atoms with E-state index in [1.807, 2.05) is 55.4 Å². The average molecular weight is 334 g/mol. The Morgan fingerprint density at radius 1 is 0.826 bits per heavy atom. The number of carbonyl (C=O) groups excluding carboxylic acids is 1. The molecule has 0 bridgehead atoms. The normalized spacial score (nSPS) is 13.2. The largest absolute Gasteiger partial charge is 0.466 e. The number of ether oxygens (including phenoxy) is 1. The average Bonchev–Trinajstić information content (AvgIpc) is 2.40. The molecule has 6 nitrogen and oxygen atoms in total. The van der Waals surface area contributed by atoms with E-state index in [2.05, 4.69) is 0 Å². The van der Waals surface area contributed by atoms with Gasteiger partial charge in [0.15, 0.2) is 0 Å². The van der Waals surface area contributed by atoms with Crippen LogP contribution in [-0.4, -0.2) is 29.6 Å². The van der Waals surface area contributed by atoms with Gasteiger partial charge in [0.1, 0.15) is 6.42 Å². The zero-order chi connectivity index (χ0) is 18.1. The number of rotatable bonds is 10. The molecule has 0 fully saturated rings. The highest BCUT2D eigenvalue weighted by atomic mass is 17.3. The first-order chi connectivity index (χ1) is 10.4. The summed E-state index contributed by atoms with van der Waals surface area (Å²) in [6, 6.07) is 0. The summed E-state index contributed by atoms with van der Waals surface area (Å²) in [6.07, 6.45) is 2.03. The van der Waals surface area contributed by atoms with Gasteiger partial charge in [-0.2, -0.15) is 9.78 Å². The lowest BCUT2D eigenvalue weighted by Gasteiger charge is -2.34. The number of unbranched alkanes of at least 4 members (excludes halogenated alkanes) is 1. The summed E-state index contributed by atoms with van der Waals surface area (Å²) in [7, 11) is 0. The molecule has 0 aromatic rings. The first-order valence-electron chi connectivity index (χ1n) is 8.32. The van der Waals surface area contributed by atoms with Crippen molar-refractivity contribution in [2.75, 3.05) is 6.61 Å². The predicted octanol–water partition coefficient (Wildman–Crippen LogP) is 4.32. The third-order valence-electron chi connectivity index (χ3n) is 2.60. The molecule has 0 aromatic carbocycles. The van der Waals surface area contributed by atoms with E-state index in [9.17, 15) is 4.79 Å². The Morgan fingerprint density at radius 3 is 1.65 bits per heavy atom. The van der Waals surface area contributed by atoms with E-state index in [4.69, 9.17) is 24.3 Å². The van der Waals surface area contributed by atoms with Crippen LogP contribution in [0.25, 0.3) is 0 Å². The molecule has 0 aliphatic rings. The van der Waals surface area contributed by atoms with Crippen molar-refractivity contribution >= 4 is 5.97 Å². The van der Waals surface area contributed by atoms with Crippen molar-refractivity contribution in [2.45, 2.75) is 98.1 Å². The van der Waals surface area contributed by atoms with Gasteiger partial charge in [-0.25, -0.2) is 9.78 Å². The van der Waals surface area contributed by atoms with Crippen LogP contribution in [0.2, 0.25) is 0 Å². The molecule has 0 unspecified atom stereocenters. The summed E-state index contributed by atoms with van der Waals surface area (Å²) in [4.78, 5) is 33.7. The van der Waals surface area contributed by atoms with Crippen molar-refractivity contribution in [2.24, 2.45) is 0 Å². The van der Waals surface area contributed by atoms with Gasteiger partial charge >= 0.3 is 5.97 Å². The summed E-state index contributed by atoms with van der Waals surface area (Å²) < 4.78 is 5.19. The van der Waals surface area contributed by atoms with E-state index in [1.165, 1.54) is 0 Å². The van der Waals surface area contributed by atoms with Crippen LogP contribution >= 0.6 is 0 Å². The maximum atomic E-state index is 12.0. The summed E-state index contributed by atoms with van der Waals surface area (Å²) in [5.74, 6) is -1.75. The second-order valence-corrected chi connectivity index (χ2v) is 7.57. The molecule has 23 heavy (non-hydrogen) atoms. The monoisotopic (exact) mass is 334 g/mol. The van der Waals surface area contributed by atoms with Crippen LogP contribution in [0.15, 0.2) is 0 Å². The van der Waals surface area contributed by atoms with Gasteiger partial charge in [-0.15, -0.1) is 0 Å². The van der Waals surface area contributed by atoms with E-state index in [1.54, 1.807) is 0 Å². The van der Waals surface area contributed by atoms with Gasteiger partial charge in [0.05, 0.1) is 17.8 Å². The number of carbonyl (C=O) groups is 1. The van der Waals surface area contributed by atoms with Gasteiger partial charge in [-0.05, 0) is 48.0 Å². The SMILES string of the molecule is CCCCOC(=O)CC(CC)(OOC(C)(C)C)OOC(C)(C)C. The highest BCUT2D eigenvalue weighted by Crippen LogP contribution is 2.28. The van der Waals surface area contributed by atoms with Crippen LogP contribution in [0.5, 0.6) is 0 Å². The first kappa shape index (κ1) is 22.3. The van der Waals surface area contributed by atoms with Crippen molar-refractivity contribution in [1.29, 1.82) is 0 Å². The third-order valence-corrected chi connectivity index (χ3v) is 2.60. The van der Waals surface area contributed by atoms with Crippen molar-refractivity contribution in [3.8, 4) is 0 Å². The van der Waals surface area contributed by atoms with Gasteiger partial charge in [-0.3, -0.25) is 4.79 Å². The van der Waals surface area contributed by atoms with E-state index in [0.717, 1.165) is 12.8 Å². The zero-order valence-corrected chi connectivity index (χ0v) is 16.0. The molecule has 0 aliphatic carbocycles. The molecule has 0 N–H and O–H groups in total. The van der Waals surface area contributed by atoms with E-state index < -0.39 is 23.0 Å². The Balaban J connectivity index is 4.89. The van der Waals surface area contributed by atoms with Gasteiger partial charge in [-0.1, -0.05) is 20.3 Å². The maximum Gasteiger partial charge on any atom is 0.311 e. The predicted molar refractivity (Wildman–Crippen MR) is 87.4 cm³/mol. The molecule has 0 amide bonds. The van der Waals surface area contributed by atoms with Gasteiger partial charge < -0.3 is 4.74 Å². The molecule has 0 saturated heterocycles. The second-order valence-electron chi connectivity index (χ2n) is 7.57. The molecular weight excluding hydrogens is 300 g/mol. The molecular formula is C17H34O6. The summed E-state index contributed by atoms with van der Waals surface area (Å²) >= 11 is 0. The third kappa shape index (κ3) is 11.5. The molecule has 0 rings (SSSR count). The quantitative estimate of drug-likeness (QED) is 0.195. The highest BCUT2D eigenvalue weighted by Gasteiger charge is 2.40. The van der Waals surface area contributed by atoms with Crippen LogP contribution in [0.1, 0.15) is 81.1 Å². The van der Waals surface area contributed by atoms with Crippen molar-refractivity contribution < 1.29 is 29.1 Å². The standard InChI is InChI=1S/C17H34O6/c1-9-11-12-19-14(18)13-17(10-2,22-20-15(3,4)5)23-21-16(6,7)8/h9-13H2,1-8H3. The minimum atomic E-state index is -1.34. The first-order valence-corrected chi connectivity index (χ1v) is 8.32. The lowest BCUT2D eigenvalue weighted by molar-refractivity contribution is -0.541. The van der Waals surface area contributed by atoms with Gasteiger partial charge in [0.2, 0.25) is 5.79 Å². The Bertz CT molecular complexity index is 322. The minimum Gasteiger partial charge on any atom is -0.466 e. The zero-order valence-electron chi connectivity index (χ0n) is 16.0. The van der Waals surface area contributed by atoms with Crippen molar-refractivity contribution in [1.82, 2.24) is 0 Å². The smallest absolute Gasteiger partial charge is 0.311 e. The molecule has 0 atom stereocenters. The molecule has 0 radical (unpaired) electrons. The lowest BCUT2D eigenvalue weighted by atomic mass is 10.1. The second kappa shape index (κ2) is 9.57. The molecule has 0 aliphatic heterocycles. The molecule has 0 spiro atoms. The lowest BCUT2D eigenvalue weighted by Crippen LogP contribution is -2.42. The molecule has 0 heterocycles.